The van der Waals surface area contributed by atoms with E-state index in [-0.39, 0.29) is 24.1 Å². The van der Waals surface area contributed by atoms with Gasteiger partial charge < -0.3 is 14.6 Å². The highest BCUT2D eigenvalue weighted by Crippen LogP contribution is 2.52. The van der Waals surface area contributed by atoms with Gasteiger partial charge in [0.25, 0.3) is 0 Å². The maximum absolute atomic E-state index is 15.1. The monoisotopic (exact) mass is 608 g/mol. The van der Waals surface area contributed by atoms with Crippen LogP contribution in [0.2, 0.25) is 25.7 Å². The predicted molar refractivity (Wildman–Crippen MR) is 148 cm³/mol. The molecule has 1 N–H and O–H groups in total. The van der Waals surface area contributed by atoms with Crippen molar-refractivity contribution in [3.8, 4) is 0 Å². The van der Waals surface area contributed by atoms with Gasteiger partial charge in [-0.05, 0) is 51.9 Å². The number of aliphatic imine (C=N–C) groups is 1. The first-order chi connectivity index (χ1) is 16.5. The van der Waals surface area contributed by atoms with Gasteiger partial charge in [0.15, 0.2) is 5.17 Å². The number of hydrogen-bond donors (Lipinski definition) is 1. The number of carbonyl (C=O) groups excluding carboxylic acids is 1. The Balaban J connectivity index is 2.63. The third-order valence-corrected chi connectivity index (χ3v) is 9.87. The summed E-state index contributed by atoms with van der Waals surface area (Å²) in [5.74, 6) is -1.24. The quantitative estimate of drug-likeness (QED) is 0.200. The number of amidine groups is 1. The molecule has 1 aliphatic heterocycles. The number of rotatable bonds is 8. The summed E-state index contributed by atoms with van der Waals surface area (Å²) in [7, 11) is -1.38. The van der Waals surface area contributed by atoms with Crippen LogP contribution in [0, 0.1) is 11.7 Å². The number of hydrogen-bond acceptors (Lipinski definition) is 6. The van der Waals surface area contributed by atoms with Gasteiger partial charge in [0.1, 0.15) is 30.4 Å². The fourth-order valence-corrected chi connectivity index (χ4v) is 6.17. The molecule has 0 bridgehead atoms. The van der Waals surface area contributed by atoms with Gasteiger partial charge in [-0.25, -0.2) is 23.5 Å². The standard InChI is InChI=1S/C25H39BrF2N2O4SSi/c1-17-24(5,15-31)35-21(29-25(17,14-27)19-13-18(26)9-10-20(19)28)30(22(32)34-23(2,3)4)16-33-11-12-36(6,7)8/h9-10,13,17,31H,11-12,14-16H2,1-8H3/t17-,24-,25+/m1/s1. The lowest BCUT2D eigenvalue weighted by Gasteiger charge is -2.48. The molecule has 204 valence electrons. The minimum atomic E-state index is -1.68. The van der Waals surface area contributed by atoms with Crippen molar-refractivity contribution in [2.75, 3.05) is 26.6 Å². The lowest BCUT2D eigenvalue weighted by Crippen LogP contribution is -2.55. The number of benzene rings is 1. The van der Waals surface area contributed by atoms with Crippen molar-refractivity contribution in [1.82, 2.24) is 4.90 Å². The zero-order valence-corrected chi connectivity index (χ0v) is 25.9. The molecule has 0 saturated heterocycles. The number of amides is 1. The van der Waals surface area contributed by atoms with E-state index in [1.807, 2.05) is 0 Å². The highest BCUT2D eigenvalue weighted by atomic mass is 79.9. The second kappa shape index (κ2) is 11.8. The van der Waals surface area contributed by atoms with E-state index in [4.69, 9.17) is 14.5 Å². The molecule has 0 radical (unpaired) electrons. The molecule has 3 atom stereocenters. The molecule has 6 nitrogen and oxygen atoms in total. The lowest BCUT2D eigenvalue weighted by molar-refractivity contribution is 0.0104. The number of halogens is 3. The number of alkyl halides is 1. The molecule has 1 aliphatic rings. The summed E-state index contributed by atoms with van der Waals surface area (Å²) < 4.78 is 41.3. The number of thioether (sulfide) groups is 1. The Morgan fingerprint density at radius 2 is 1.97 bits per heavy atom. The fraction of sp³-hybridized carbons (Fsp3) is 0.680. The van der Waals surface area contributed by atoms with Crippen LogP contribution in [0.3, 0.4) is 0 Å². The molecule has 0 spiro atoms. The van der Waals surface area contributed by atoms with Gasteiger partial charge in [-0.2, -0.15) is 0 Å². The summed E-state index contributed by atoms with van der Waals surface area (Å²) in [6.45, 7) is 14.3. The molecule has 0 fully saturated rings. The van der Waals surface area contributed by atoms with Gasteiger partial charge in [-0.15, -0.1) is 0 Å². The molecular weight excluding hydrogens is 570 g/mol. The number of carbonyl (C=O) groups is 1. The maximum Gasteiger partial charge on any atom is 0.418 e. The largest absolute Gasteiger partial charge is 0.443 e. The Kier molecular flexibility index (Phi) is 10.2. The molecule has 11 heteroatoms. The molecule has 2 rings (SSSR count). The molecule has 1 heterocycles. The smallest absolute Gasteiger partial charge is 0.418 e. The third kappa shape index (κ3) is 7.52. The molecule has 0 aromatic heterocycles. The van der Waals surface area contributed by atoms with Crippen molar-refractivity contribution in [2.45, 2.75) is 76.2 Å². The van der Waals surface area contributed by atoms with Crippen LogP contribution < -0.4 is 0 Å². The SMILES string of the molecule is C[C@@H]1[C@@](C)(CO)SC(N(COCC[Si](C)(C)C)C(=O)OC(C)(C)C)=N[C@]1(CF)c1cc(Br)ccc1F. The Morgan fingerprint density at radius 3 is 2.50 bits per heavy atom. The highest BCUT2D eigenvalue weighted by molar-refractivity contribution is 9.10. The van der Waals surface area contributed by atoms with E-state index < -0.39 is 48.5 Å². The molecule has 0 unspecified atom stereocenters. The Bertz CT molecular complexity index is 972. The topological polar surface area (TPSA) is 71.4 Å². The first-order valence-electron chi connectivity index (χ1n) is 12.0. The summed E-state index contributed by atoms with van der Waals surface area (Å²) in [4.78, 5) is 19.2. The van der Waals surface area contributed by atoms with Crippen LogP contribution in [0.4, 0.5) is 13.6 Å². The van der Waals surface area contributed by atoms with Crippen molar-refractivity contribution in [3.63, 3.8) is 0 Å². The highest BCUT2D eigenvalue weighted by Gasteiger charge is 2.54. The van der Waals surface area contributed by atoms with Crippen LogP contribution in [-0.2, 0) is 15.0 Å². The zero-order valence-electron chi connectivity index (χ0n) is 22.5. The average Bonchev–Trinajstić information content (AvgIpc) is 2.75. The molecule has 0 aliphatic carbocycles. The number of ether oxygens (including phenoxy) is 2. The molecular formula is C25H39BrF2N2O4SSi. The van der Waals surface area contributed by atoms with Crippen molar-refractivity contribution < 1.29 is 28.2 Å². The predicted octanol–water partition coefficient (Wildman–Crippen LogP) is 6.79. The third-order valence-electron chi connectivity index (χ3n) is 6.23. The van der Waals surface area contributed by atoms with Crippen LogP contribution in [0.15, 0.2) is 27.7 Å². The van der Waals surface area contributed by atoms with Gasteiger partial charge in [0, 0.05) is 35.4 Å². The van der Waals surface area contributed by atoms with E-state index in [1.165, 1.54) is 23.1 Å². The van der Waals surface area contributed by atoms with Crippen LogP contribution in [0.25, 0.3) is 0 Å². The second-order valence-electron chi connectivity index (χ2n) is 11.6. The van der Waals surface area contributed by atoms with Gasteiger partial charge >= 0.3 is 6.09 Å². The van der Waals surface area contributed by atoms with Crippen LogP contribution in [-0.4, -0.2) is 66.3 Å². The maximum atomic E-state index is 15.1. The Labute approximate surface area is 227 Å². The van der Waals surface area contributed by atoms with Gasteiger partial charge in [0.2, 0.25) is 0 Å². The van der Waals surface area contributed by atoms with Crippen LogP contribution in [0.1, 0.15) is 40.2 Å². The van der Waals surface area contributed by atoms with Gasteiger partial charge in [-0.3, -0.25) is 0 Å². The normalized spacial score (nSPS) is 24.9. The summed E-state index contributed by atoms with van der Waals surface area (Å²) in [5.41, 5.74) is -2.42. The van der Waals surface area contributed by atoms with E-state index in [9.17, 15) is 9.90 Å². The van der Waals surface area contributed by atoms with Crippen molar-refractivity contribution in [2.24, 2.45) is 10.9 Å². The molecule has 1 aromatic rings. The van der Waals surface area contributed by atoms with E-state index in [0.29, 0.717) is 11.1 Å². The van der Waals surface area contributed by atoms with Gasteiger partial charge in [0.05, 0.1) is 6.61 Å². The fourth-order valence-electron chi connectivity index (χ4n) is 3.75. The molecule has 1 amide bonds. The lowest BCUT2D eigenvalue weighted by atomic mass is 9.73. The van der Waals surface area contributed by atoms with Crippen molar-refractivity contribution in [1.29, 1.82) is 0 Å². The summed E-state index contributed by atoms with van der Waals surface area (Å²) >= 11 is 4.49. The number of aliphatic hydroxyl groups excluding tert-OH is 1. The molecule has 1 aromatic carbocycles. The van der Waals surface area contributed by atoms with E-state index in [1.54, 1.807) is 34.6 Å². The minimum Gasteiger partial charge on any atom is -0.443 e. The number of nitrogens with zero attached hydrogens (tertiary/aromatic N) is 2. The van der Waals surface area contributed by atoms with Crippen molar-refractivity contribution in [3.05, 3.63) is 34.1 Å². The summed E-state index contributed by atoms with van der Waals surface area (Å²) in [6, 6.07) is 5.17. The van der Waals surface area contributed by atoms with Crippen LogP contribution >= 0.6 is 27.7 Å². The number of aliphatic hydroxyl groups is 1. The first-order valence-corrected chi connectivity index (χ1v) is 17.3. The average molecular weight is 610 g/mol. The van der Waals surface area contributed by atoms with Crippen molar-refractivity contribution >= 4 is 47.0 Å². The van der Waals surface area contributed by atoms with E-state index in [0.717, 1.165) is 17.8 Å². The van der Waals surface area contributed by atoms with E-state index >= 15 is 8.78 Å². The van der Waals surface area contributed by atoms with E-state index in [2.05, 4.69) is 35.6 Å². The second-order valence-corrected chi connectivity index (χ2v) is 19.7. The summed E-state index contributed by atoms with van der Waals surface area (Å²) in [5, 5.41) is 10.5. The van der Waals surface area contributed by atoms with Crippen LogP contribution in [0.5, 0.6) is 0 Å². The summed E-state index contributed by atoms with van der Waals surface area (Å²) in [6.07, 6.45) is -0.709. The minimum absolute atomic E-state index is 0.0492. The Hall–Kier alpha value is -1.01. The van der Waals surface area contributed by atoms with Gasteiger partial charge in [-0.1, -0.05) is 54.3 Å². The Morgan fingerprint density at radius 1 is 1.33 bits per heavy atom. The zero-order chi connectivity index (χ0) is 27.5. The molecule has 36 heavy (non-hydrogen) atoms. The first kappa shape index (κ1) is 31.2. The molecule has 0 saturated carbocycles.